The zero-order chi connectivity index (χ0) is 23.8. The highest BCUT2D eigenvalue weighted by Crippen LogP contribution is 2.44. The average Bonchev–Trinajstić information content (AvgIpc) is 3.53. The number of nitrogens with zero attached hydrogens (tertiary/aromatic N) is 1. The van der Waals surface area contributed by atoms with Crippen molar-refractivity contribution >= 4 is 33.3 Å². The predicted octanol–water partition coefficient (Wildman–Crippen LogP) is 4.53. The number of methoxy groups -OCH3 is 1. The lowest BCUT2D eigenvalue weighted by Gasteiger charge is -2.23. The Balaban J connectivity index is 1.74. The second-order valence-corrected chi connectivity index (χ2v) is 10.3. The Bertz CT molecular complexity index is 1240. The number of benzene rings is 2. The summed E-state index contributed by atoms with van der Waals surface area (Å²) in [6, 6.07) is 8.80. The third kappa shape index (κ3) is 4.93. The number of hydrogen-bond acceptors (Lipinski definition) is 6. The monoisotopic (exact) mass is 490 g/mol. The van der Waals surface area contributed by atoms with E-state index in [2.05, 4.69) is 4.72 Å². The minimum Gasteiger partial charge on any atom is -0.485 e. The van der Waals surface area contributed by atoms with Crippen LogP contribution in [0.15, 0.2) is 35.2 Å². The lowest BCUT2D eigenvalue weighted by Crippen LogP contribution is -2.28. The minimum absolute atomic E-state index is 0.0557. The minimum atomic E-state index is -4.20. The lowest BCUT2D eigenvalue weighted by atomic mass is 10.1. The number of carbonyl (C=O) groups is 1. The SMILES string of the molecule is CO[C@H]1CCC[C@H]1Oc1cc(Cl)c(C#N)cc1NS(=O)(=O)c1cc(C(=O)O)ccc1C1CC1. The van der Waals surface area contributed by atoms with Gasteiger partial charge >= 0.3 is 5.97 Å². The Morgan fingerprint density at radius 2 is 1.91 bits per heavy atom. The molecule has 174 valence electrons. The molecule has 2 fully saturated rings. The molecular formula is C23H23ClN2O6S. The summed E-state index contributed by atoms with van der Waals surface area (Å²) in [4.78, 5) is 11.4. The standard InChI is InChI=1S/C23H23ClN2O6S/c1-31-19-3-2-4-20(19)32-21-11-17(24)15(12-25)9-18(21)26-33(29,30)22-10-14(23(27)28)7-8-16(22)13-5-6-13/h7-11,13,19-20,26H,2-6H2,1H3,(H,27,28)/t19-,20+/m0/s1. The van der Waals surface area contributed by atoms with E-state index in [1.54, 1.807) is 13.2 Å². The predicted molar refractivity (Wildman–Crippen MR) is 121 cm³/mol. The molecule has 0 spiro atoms. The number of anilines is 1. The molecular weight excluding hydrogens is 468 g/mol. The maximum absolute atomic E-state index is 13.4. The average molecular weight is 491 g/mol. The van der Waals surface area contributed by atoms with Crippen LogP contribution in [0.4, 0.5) is 5.69 Å². The third-order valence-corrected chi connectivity index (χ3v) is 7.71. The highest BCUT2D eigenvalue weighted by atomic mass is 35.5. The molecule has 0 aromatic heterocycles. The van der Waals surface area contributed by atoms with E-state index in [-0.39, 0.29) is 50.6 Å². The normalized spacial score (nSPS) is 20.3. The zero-order valence-corrected chi connectivity index (χ0v) is 19.4. The lowest BCUT2D eigenvalue weighted by molar-refractivity contribution is 0.0232. The maximum Gasteiger partial charge on any atom is 0.335 e. The van der Waals surface area contributed by atoms with Gasteiger partial charge in [0.2, 0.25) is 0 Å². The maximum atomic E-state index is 13.4. The smallest absolute Gasteiger partial charge is 0.335 e. The molecule has 2 N–H and O–H groups in total. The second-order valence-electron chi connectivity index (χ2n) is 8.24. The molecule has 4 rings (SSSR count). The molecule has 2 saturated carbocycles. The number of nitriles is 1. The van der Waals surface area contributed by atoms with Gasteiger partial charge in [0.1, 0.15) is 17.9 Å². The molecule has 0 amide bonds. The molecule has 10 heteroatoms. The first-order valence-corrected chi connectivity index (χ1v) is 12.4. The van der Waals surface area contributed by atoms with Crippen LogP contribution in [-0.2, 0) is 14.8 Å². The van der Waals surface area contributed by atoms with Crippen molar-refractivity contribution in [3.05, 3.63) is 52.0 Å². The van der Waals surface area contributed by atoms with Gasteiger partial charge in [-0.25, -0.2) is 13.2 Å². The number of rotatable bonds is 8. The largest absolute Gasteiger partial charge is 0.485 e. The van der Waals surface area contributed by atoms with Crippen LogP contribution in [0.25, 0.3) is 0 Å². The van der Waals surface area contributed by atoms with E-state index in [0.717, 1.165) is 38.2 Å². The van der Waals surface area contributed by atoms with Crippen molar-refractivity contribution < 1.29 is 27.8 Å². The molecule has 0 unspecified atom stereocenters. The highest BCUT2D eigenvalue weighted by molar-refractivity contribution is 7.92. The van der Waals surface area contributed by atoms with Gasteiger partial charge in [-0.2, -0.15) is 5.26 Å². The Kier molecular flexibility index (Phi) is 6.52. The summed E-state index contributed by atoms with van der Waals surface area (Å²) in [5, 5.41) is 18.9. The van der Waals surface area contributed by atoms with Crippen molar-refractivity contribution in [1.82, 2.24) is 0 Å². The first-order chi connectivity index (χ1) is 15.7. The molecule has 0 aliphatic heterocycles. The van der Waals surface area contributed by atoms with Gasteiger partial charge in [-0.1, -0.05) is 17.7 Å². The van der Waals surface area contributed by atoms with E-state index in [1.165, 1.54) is 18.2 Å². The Morgan fingerprint density at radius 3 is 2.55 bits per heavy atom. The topological polar surface area (TPSA) is 126 Å². The van der Waals surface area contributed by atoms with Crippen LogP contribution >= 0.6 is 11.6 Å². The molecule has 2 aromatic carbocycles. The van der Waals surface area contributed by atoms with Crippen LogP contribution in [0, 0.1) is 11.3 Å². The summed E-state index contributed by atoms with van der Waals surface area (Å²) >= 11 is 6.20. The first-order valence-electron chi connectivity index (χ1n) is 10.6. The van der Waals surface area contributed by atoms with Crippen LogP contribution in [0.1, 0.15) is 59.5 Å². The molecule has 0 bridgehead atoms. The van der Waals surface area contributed by atoms with Gasteiger partial charge in [0.25, 0.3) is 10.0 Å². The van der Waals surface area contributed by atoms with Gasteiger partial charge < -0.3 is 14.6 Å². The van der Waals surface area contributed by atoms with E-state index in [1.807, 2.05) is 6.07 Å². The molecule has 2 aliphatic rings. The molecule has 2 atom stereocenters. The molecule has 2 aliphatic carbocycles. The fourth-order valence-electron chi connectivity index (χ4n) is 4.11. The van der Waals surface area contributed by atoms with Crippen molar-refractivity contribution in [2.75, 3.05) is 11.8 Å². The van der Waals surface area contributed by atoms with Gasteiger partial charge in [0, 0.05) is 13.2 Å². The van der Waals surface area contributed by atoms with Crippen LogP contribution in [-0.4, -0.2) is 38.8 Å². The van der Waals surface area contributed by atoms with E-state index >= 15 is 0 Å². The molecule has 33 heavy (non-hydrogen) atoms. The van der Waals surface area contributed by atoms with Crippen molar-refractivity contribution in [3.8, 4) is 11.8 Å². The number of nitrogens with one attached hydrogen (secondary N) is 1. The fourth-order valence-corrected chi connectivity index (χ4v) is 5.69. The highest BCUT2D eigenvalue weighted by Gasteiger charge is 2.33. The third-order valence-electron chi connectivity index (χ3n) is 5.97. The van der Waals surface area contributed by atoms with Crippen LogP contribution in [0.2, 0.25) is 5.02 Å². The van der Waals surface area contributed by atoms with Gasteiger partial charge in [-0.15, -0.1) is 0 Å². The second kappa shape index (κ2) is 9.21. The quantitative estimate of drug-likeness (QED) is 0.556. The van der Waals surface area contributed by atoms with Gasteiger partial charge in [0.05, 0.1) is 32.8 Å². The number of carboxylic acids is 1. The van der Waals surface area contributed by atoms with Crippen LogP contribution in [0.3, 0.4) is 0 Å². The number of hydrogen-bond donors (Lipinski definition) is 2. The Hall–Kier alpha value is -2.80. The Labute approximate surface area is 197 Å². The van der Waals surface area contributed by atoms with E-state index < -0.39 is 16.0 Å². The van der Waals surface area contributed by atoms with Crippen LogP contribution < -0.4 is 9.46 Å². The van der Waals surface area contributed by atoms with E-state index in [0.29, 0.717) is 5.56 Å². The molecule has 0 radical (unpaired) electrons. The van der Waals surface area contributed by atoms with Crippen LogP contribution in [0.5, 0.6) is 5.75 Å². The van der Waals surface area contributed by atoms with Crippen molar-refractivity contribution in [2.24, 2.45) is 0 Å². The summed E-state index contributed by atoms with van der Waals surface area (Å²) < 4.78 is 40.9. The van der Waals surface area contributed by atoms with Crippen molar-refractivity contribution in [3.63, 3.8) is 0 Å². The number of sulfonamides is 1. The van der Waals surface area contributed by atoms with E-state index in [9.17, 15) is 23.6 Å². The van der Waals surface area contributed by atoms with Crippen molar-refractivity contribution in [1.29, 1.82) is 5.26 Å². The number of ether oxygens (including phenoxy) is 2. The summed E-state index contributed by atoms with van der Waals surface area (Å²) in [7, 11) is -2.60. The van der Waals surface area contributed by atoms with Crippen molar-refractivity contribution in [2.45, 2.75) is 55.1 Å². The molecule has 0 saturated heterocycles. The fraction of sp³-hybridized carbons (Fsp3) is 0.391. The number of carboxylic acid groups (broad SMARTS) is 1. The summed E-state index contributed by atoms with van der Waals surface area (Å²) in [6.45, 7) is 0. The van der Waals surface area contributed by atoms with Gasteiger partial charge in [-0.05, 0) is 61.8 Å². The first kappa shape index (κ1) is 23.4. The molecule has 2 aromatic rings. The summed E-state index contributed by atoms with van der Waals surface area (Å²) in [6.07, 6.45) is 3.69. The number of halogens is 1. The van der Waals surface area contributed by atoms with E-state index in [4.69, 9.17) is 21.1 Å². The number of aromatic carboxylic acids is 1. The Morgan fingerprint density at radius 1 is 1.18 bits per heavy atom. The summed E-state index contributed by atoms with van der Waals surface area (Å²) in [5.74, 6) is -0.974. The zero-order valence-electron chi connectivity index (χ0n) is 17.9. The van der Waals surface area contributed by atoms with Gasteiger partial charge in [0.15, 0.2) is 0 Å². The molecule has 0 heterocycles. The summed E-state index contributed by atoms with van der Waals surface area (Å²) in [5.41, 5.74) is 0.581. The molecule has 8 nitrogen and oxygen atoms in total. The van der Waals surface area contributed by atoms with Gasteiger partial charge in [-0.3, -0.25) is 4.72 Å².